The van der Waals surface area contributed by atoms with Crippen LogP contribution in [0.2, 0.25) is 0 Å². The van der Waals surface area contributed by atoms with Crippen LogP contribution in [0.5, 0.6) is 0 Å². The molecule has 0 aromatic carbocycles. The van der Waals surface area contributed by atoms with Gasteiger partial charge >= 0.3 is 5.97 Å². The van der Waals surface area contributed by atoms with Gasteiger partial charge in [-0.15, -0.1) is 11.3 Å². The molecule has 1 aromatic heterocycles. The Hall–Kier alpha value is -1.62. The minimum atomic E-state index is -0.894. The molecule has 0 bridgehead atoms. The monoisotopic (exact) mass is 307 g/mol. The first-order valence-corrected chi connectivity index (χ1v) is 7.97. The fraction of sp³-hybridized carbons (Fsp3) is 0.500. The molecule has 0 spiro atoms. The zero-order valence-corrected chi connectivity index (χ0v) is 13.4. The lowest BCUT2D eigenvalue weighted by Crippen LogP contribution is -2.39. The van der Waals surface area contributed by atoms with Gasteiger partial charge in [0.15, 0.2) is 0 Å². The van der Waals surface area contributed by atoms with Crippen molar-refractivity contribution in [3.05, 3.63) is 33.5 Å². The molecule has 2 rings (SSSR count). The number of aliphatic carboxylic acids is 1. The van der Waals surface area contributed by atoms with Crippen LogP contribution in [-0.2, 0) is 9.59 Å². The maximum atomic E-state index is 12.4. The Morgan fingerprint density at radius 1 is 1.29 bits per heavy atom. The van der Waals surface area contributed by atoms with E-state index in [4.69, 9.17) is 0 Å². The van der Waals surface area contributed by atoms with Crippen molar-refractivity contribution in [2.45, 2.75) is 39.7 Å². The van der Waals surface area contributed by atoms with Gasteiger partial charge in [-0.3, -0.25) is 9.59 Å². The molecule has 2 N–H and O–H groups in total. The molecule has 4 nitrogen and oxygen atoms in total. The van der Waals surface area contributed by atoms with Crippen LogP contribution in [0, 0.1) is 25.7 Å². The quantitative estimate of drug-likeness (QED) is 0.839. The van der Waals surface area contributed by atoms with Crippen molar-refractivity contribution < 1.29 is 14.7 Å². The van der Waals surface area contributed by atoms with E-state index in [2.05, 4.69) is 11.4 Å². The van der Waals surface area contributed by atoms with Gasteiger partial charge in [0, 0.05) is 9.75 Å². The molecule has 0 aliphatic heterocycles. The molecule has 1 aliphatic rings. The van der Waals surface area contributed by atoms with Gasteiger partial charge in [-0.25, -0.2) is 0 Å². The summed E-state index contributed by atoms with van der Waals surface area (Å²) in [4.78, 5) is 26.1. The third-order valence-corrected chi connectivity index (χ3v) is 4.97. The maximum absolute atomic E-state index is 12.4. The summed E-state index contributed by atoms with van der Waals surface area (Å²) in [5.74, 6) is -2.15. The number of carboxylic acid groups (broad SMARTS) is 1. The zero-order chi connectivity index (χ0) is 15.6. The van der Waals surface area contributed by atoms with E-state index < -0.39 is 17.8 Å². The standard InChI is InChI=1S/C16H21NO3S/c1-9-8-14(11(3)21-9)10(2)17-15(18)12-6-4-5-7-13(12)16(19)20/h4-5,8,10,12-13H,6-7H2,1-3H3,(H,17,18)(H,19,20)/t10-,12+,13+/m0/s1. The second kappa shape index (κ2) is 6.43. The van der Waals surface area contributed by atoms with Crippen molar-refractivity contribution in [2.75, 3.05) is 0 Å². The highest BCUT2D eigenvalue weighted by molar-refractivity contribution is 7.12. The smallest absolute Gasteiger partial charge is 0.307 e. The van der Waals surface area contributed by atoms with Crippen molar-refractivity contribution in [1.29, 1.82) is 0 Å². The first kappa shape index (κ1) is 15.8. The highest BCUT2D eigenvalue weighted by atomic mass is 32.1. The van der Waals surface area contributed by atoms with Gasteiger partial charge in [-0.1, -0.05) is 12.2 Å². The molecule has 114 valence electrons. The summed E-state index contributed by atoms with van der Waals surface area (Å²) in [6.45, 7) is 6.03. The number of allylic oxidation sites excluding steroid dienone is 2. The third kappa shape index (κ3) is 3.53. The molecule has 5 heteroatoms. The number of carbonyl (C=O) groups excluding carboxylic acids is 1. The molecule has 0 unspecified atom stereocenters. The molecule has 3 atom stereocenters. The van der Waals surface area contributed by atoms with Gasteiger partial charge in [0.25, 0.3) is 0 Å². The Kier molecular flexibility index (Phi) is 4.83. The fourth-order valence-corrected chi connectivity index (χ4v) is 3.88. The van der Waals surface area contributed by atoms with Crippen molar-refractivity contribution >= 4 is 23.2 Å². The zero-order valence-electron chi connectivity index (χ0n) is 12.6. The van der Waals surface area contributed by atoms with E-state index in [1.54, 1.807) is 11.3 Å². The van der Waals surface area contributed by atoms with Gasteiger partial charge in [-0.2, -0.15) is 0 Å². The molecular formula is C16H21NO3S. The van der Waals surface area contributed by atoms with Crippen LogP contribution in [-0.4, -0.2) is 17.0 Å². The number of rotatable bonds is 4. The summed E-state index contributed by atoms with van der Waals surface area (Å²) in [6, 6.07) is 1.99. The Balaban J connectivity index is 2.08. The Morgan fingerprint density at radius 2 is 1.90 bits per heavy atom. The number of hydrogen-bond donors (Lipinski definition) is 2. The van der Waals surface area contributed by atoms with E-state index in [0.29, 0.717) is 12.8 Å². The first-order chi connectivity index (χ1) is 9.90. The minimum Gasteiger partial charge on any atom is -0.481 e. The highest BCUT2D eigenvalue weighted by Crippen LogP contribution is 2.29. The summed E-state index contributed by atoms with van der Waals surface area (Å²) in [6.07, 6.45) is 4.67. The maximum Gasteiger partial charge on any atom is 0.307 e. The van der Waals surface area contributed by atoms with Gasteiger partial charge in [0.2, 0.25) is 5.91 Å². The molecule has 0 saturated carbocycles. The van der Waals surface area contributed by atoms with Crippen molar-refractivity contribution in [1.82, 2.24) is 5.32 Å². The number of carbonyl (C=O) groups is 2. The SMILES string of the molecule is Cc1cc([C@H](C)NC(=O)[C@@H]2CC=CC[C@H]2C(=O)O)c(C)s1. The molecule has 1 aliphatic carbocycles. The van der Waals surface area contributed by atoms with Crippen LogP contribution < -0.4 is 5.32 Å². The molecular weight excluding hydrogens is 286 g/mol. The van der Waals surface area contributed by atoms with E-state index in [1.165, 1.54) is 9.75 Å². The summed E-state index contributed by atoms with van der Waals surface area (Å²) >= 11 is 1.71. The van der Waals surface area contributed by atoms with Crippen molar-refractivity contribution in [2.24, 2.45) is 11.8 Å². The Morgan fingerprint density at radius 3 is 2.43 bits per heavy atom. The molecule has 0 fully saturated rings. The highest BCUT2D eigenvalue weighted by Gasteiger charge is 2.34. The topological polar surface area (TPSA) is 66.4 Å². The van der Waals surface area contributed by atoms with Gasteiger partial charge in [-0.05, 0) is 45.2 Å². The number of thiophene rings is 1. The predicted molar refractivity (Wildman–Crippen MR) is 83.3 cm³/mol. The summed E-state index contributed by atoms with van der Waals surface area (Å²) < 4.78 is 0. The normalized spacial score (nSPS) is 22.8. The number of amides is 1. The van der Waals surface area contributed by atoms with Crippen LogP contribution >= 0.6 is 11.3 Å². The van der Waals surface area contributed by atoms with Crippen LogP contribution in [0.3, 0.4) is 0 Å². The first-order valence-electron chi connectivity index (χ1n) is 7.15. The number of carboxylic acids is 1. The average molecular weight is 307 g/mol. The molecule has 0 saturated heterocycles. The number of nitrogens with one attached hydrogen (secondary N) is 1. The van der Waals surface area contributed by atoms with Crippen LogP contribution in [0.4, 0.5) is 0 Å². The summed E-state index contributed by atoms with van der Waals surface area (Å²) in [7, 11) is 0. The largest absolute Gasteiger partial charge is 0.481 e. The average Bonchev–Trinajstić information content (AvgIpc) is 2.77. The van der Waals surface area contributed by atoms with E-state index >= 15 is 0 Å². The van der Waals surface area contributed by atoms with Crippen molar-refractivity contribution in [3.63, 3.8) is 0 Å². The Bertz CT molecular complexity index is 576. The minimum absolute atomic E-state index is 0.0946. The molecule has 21 heavy (non-hydrogen) atoms. The fourth-order valence-electron chi connectivity index (χ4n) is 2.86. The lowest BCUT2D eigenvalue weighted by atomic mass is 9.82. The summed E-state index contributed by atoms with van der Waals surface area (Å²) in [5.41, 5.74) is 1.11. The van der Waals surface area contributed by atoms with Crippen molar-refractivity contribution in [3.8, 4) is 0 Å². The van der Waals surface area contributed by atoms with Crippen LogP contribution in [0.1, 0.15) is 41.1 Å². The second-order valence-electron chi connectivity index (χ2n) is 5.59. The van der Waals surface area contributed by atoms with Crippen LogP contribution in [0.25, 0.3) is 0 Å². The predicted octanol–water partition coefficient (Wildman–Crippen LogP) is 3.21. The van der Waals surface area contributed by atoms with Gasteiger partial charge in [0.1, 0.15) is 0 Å². The third-order valence-electron chi connectivity index (χ3n) is 3.99. The van der Waals surface area contributed by atoms with Gasteiger partial charge in [0.05, 0.1) is 17.9 Å². The molecule has 1 heterocycles. The molecule has 1 amide bonds. The lowest BCUT2D eigenvalue weighted by Gasteiger charge is -2.26. The molecule has 1 aromatic rings. The van der Waals surface area contributed by atoms with Crippen LogP contribution in [0.15, 0.2) is 18.2 Å². The van der Waals surface area contributed by atoms with E-state index in [0.717, 1.165) is 5.56 Å². The lowest BCUT2D eigenvalue weighted by molar-refractivity contribution is -0.147. The van der Waals surface area contributed by atoms with E-state index in [9.17, 15) is 14.7 Å². The number of hydrogen-bond acceptors (Lipinski definition) is 3. The number of aryl methyl sites for hydroxylation is 2. The van der Waals surface area contributed by atoms with E-state index in [1.807, 2.05) is 32.9 Å². The van der Waals surface area contributed by atoms with Gasteiger partial charge < -0.3 is 10.4 Å². The van der Waals surface area contributed by atoms with E-state index in [-0.39, 0.29) is 11.9 Å². The molecule has 0 radical (unpaired) electrons. The summed E-state index contributed by atoms with van der Waals surface area (Å²) in [5, 5.41) is 12.2. The second-order valence-corrected chi connectivity index (χ2v) is 7.05. The Labute approximate surface area is 128 Å².